The van der Waals surface area contributed by atoms with Gasteiger partial charge in [0.2, 0.25) is 0 Å². The first-order chi connectivity index (χ1) is 7.06. The summed E-state index contributed by atoms with van der Waals surface area (Å²) in [6, 6.07) is 2.36. The molecule has 1 heterocycles. The predicted molar refractivity (Wildman–Crippen MR) is 66.2 cm³/mol. The van der Waals surface area contributed by atoms with Crippen molar-refractivity contribution in [3.63, 3.8) is 0 Å². The number of hydrogen-bond acceptors (Lipinski definition) is 3. The Balaban J connectivity index is 3.00. The number of pyridine rings is 1. The van der Waals surface area contributed by atoms with E-state index < -0.39 is 0 Å². The molecule has 1 aromatic rings. The molecule has 0 spiro atoms. The van der Waals surface area contributed by atoms with Crippen LogP contribution in [0.5, 0.6) is 0 Å². The van der Waals surface area contributed by atoms with Crippen molar-refractivity contribution in [1.82, 2.24) is 4.98 Å². The fraction of sp³-hybridized carbons (Fsp3) is 0.545. The minimum Gasteiger partial charge on any atom is -0.395 e. The lowest BCUT2D eigenvalue weighted by Crippen LogP contribution is -2.34. The topological polar surface area (TPSA) is 36.4 Å². The van der Waals surface area contributed by atoms with Crippen LogP contribution in [0.2, 0.25) is 0 Å². The zero-order valence-electron chi connectivity index (χ0n) is 9.37. The third-order valence-corrected chi connectivity index (χ3v) is 2.78. The van der Waals surface area contributed by atoms with Crippen LogP contribution in [-0.2, 0) is 0 Å². The van der Waals surface area contributed by atoms with Gasteiger partial charge < -0.3 is 10.0 Å². The van der Waals surface area contributed by atoms with E-state index in [4.69, 9.17) is 5.11 Å². The second-order valence-electron chi connectivity index (χ2n) is 3.83. The quantitative estimate of drug-likeness (QED) is 0.914. The maximum Gasteiger partial charge on any atom is 0.143 e. The van der Waals surface area contributed by atoms with Crippen molar-refractivity contribution >= 4 is 21.7 Å². The van der Waals surface area contributed by atoms with Gasteiger partial charge in [-0.2, -0.15) is 0 Å². The Labute approximate surface area is 99.3 Å². The Morgan fingerprint density at radius 2 is 2.20 bits per heavy atom. The van der Waals surface area contributed by atoms with Crippen LogP contribution < -0.4 is 4.90 Å². The molecule has 0 bridgehead atoms. The van der Waals surface area contributed by atoms with Crippen LogP contribution in [0.3, 0.4) is 0 Å². The van der Waals surface area contributed by atoms with E-state index in [1.807, 2.05) is 19.2 Å². The number of hydrogen-bond donors (Lipinski definition) is 1. The molecule has 0 atom stereocenters. The van der Waals surface area contributed by atoms with Gasteiger partial charge in [0.05, 0.1) is 11.1 Å². The van der Waals surface area contributed by atoms with Gasteiger partial charge >= 0.3 is 0 Å². The lowest BCUT2D eigenvalue weighted by atomic mass is 10.2. The second kappa shape index (κ2) is 5.47. The summed E-state index contributed by atoms with van der Waals surface area (Å²) in [4.78, 5) is 6.46. The van der Waals surface area contributed by atoms with E-state index in [1.54, 1.807) is 0 Å². The first-order valence-corrected chi connectivity index (χ1v) is 5.85. The molecule has 1 rings (SSSR count). The highest BCUT2D eigenvalue weighted by atomic mass is 79.9. The highest BCUT2D eigenvalue weighted by molar-refractivity contribution is 9.10. The molecule has 15 heavy (non-hydrogen) atoms. The molecule has 0 aliphatic carbocycles. The van der Waals surface area contributed by atoms with E-state index in [9.17, 15) is 0 Å². The van der Waals surface area contributed by atoms with Gasteiger partial charge in [-0.1, -0.05) is 0 Å². The number of aromatic nitrogens is 1. The predicted octanol–water partition coefficient (Wildman–Crippen LogP) is 2.36. The average Bonchev–Trinajstić information content (AvgIpc) is 2.15. The van der Waals surface area contributed by atoms with E-state index in [1.165, 1.54) is 0 Å². The van der Waals surface area contributed by atoms with Crippen LogP contribution in [-0.4, -0.2) is 29.3 Å². The molecule has 0 aromatic carbocycles. The maximum atomic E-state index is 9.01. The summed E-state index contributed by atoms with van der Waals surface area (Å²) in [6.07, 6.45) is 1.84. The standard InChI is InChI=1S/C11H17BrN2O/c1-8(2)14(4-5-15)11-10(12)6-9(3)7-13-11/h6-8,15H,4-5H2,1-3H3. The molecule has 1 N–H and O–H groups in total. The van der Waals surface area contributed by atoms with Crippen LogP contribution >= 0.6 is 15.9 Å². The van der Waals surface area contributed by atoms with E-state index in [0.29, 0.717) is 12.6 Å². The van der Waals surface area contributed by atoms with E-state index in [2.05, 4.69) is 39.7 Å². The van der Waals surface area contributed by atoms with E-state index >= 15 is 0 Å². The summed E-state index contributed by atoms with van der Waals surface area (Å²) in [5.74, 6) is 0.893. The van der Waals surface area contributed by atoms with Gasteiger partial charge in [0.25, 0.3) is 0 Å². The highest BCUT2D eigenvalue weighted by Crippen LogP contribution is 2.25. The molecule has 0 saturated heterocycles. The first kappa shape index (κ1) is 12.5. The highest BCUT2D eigenvalue weighted by Gasteiger charge is 2.14. The minimum atomic E-state index is 0.139. The molecule has 0 saturated carbocycles. The summed E-state index contributed by atoms with van der Waals surface area (Å²) in [7, 11) is 0. The summed E-state index contributed by atoms with van der Waals surface area (Å²) < 4.78 is 0.977. The summed E-state index contributed by atoms with van der Waals surface area (Å²) >= 11 is 3.50. The van der Waals surface area contributed by atoms with Gasteiger partial charge in [0, 0.05) is 18.8 Å². The van der Waals surface area contributed by atoms with Crippen LogP contribution in [0, 0.1) is 6.92 Å². The molecule has 0 fully saturated rings. The third kappa shape index (κ3) is 3.18. The Hall–Kier alpha value is -0.610. The van der Waals surface area contributed by atoms with Crippen LogP contribution in [0.25, 0.3) is 0 Å². The van der Waals surface area contributed by atoms with Crippen molar-refractivity contribution < 1.29 is 5.11 Å². The van der Waals surface area contributed by atoms with Crippen molar-refractivity contribution in [2.75, 3.05) is 18.1 Å². The Morgan fingerprint density at radius 3 is 2.67 bits per heavy atom. The molecule has 0 aliphatic heterocycles. The number of nitrogens with zero attached hydrogens (tertiary/aromatic N) is 2. The fourth-order valence-electron chi connectivity index (χ4n) is 1.45. The number of aliphatic hydroxyl groups is 1. The molecule has 3 nitrogen and oxygen atoms in total. The monoisotopic (exact) mass is 272 g/mol. The van der Waals surface area contributed by atoms with Crippen LogP contribution in [0.4, 0.5) is 5.82 Å². The SMILES string of the molecule is Cc1cnc(N(CCO)C(C)C)c(Br)c1. The van der Waals surface area contributed by atoms with Gasteiger partial charge in [-0.05, 0) is 48.3 Å². The molecule has 84 valence electrons. The van der Waals surface area contributed by atoms with Crippen molar-refractivity contribution in [3.8, 4) is 0 Å². The smallest absolute Gasteiger partial charge is 0.143 e. The molecule has 0 unspecified atom stereocenters. The van der Waals surface area contributed by atoms with Gasteiger partial charge in [-0.3, -0.25) is 0 Å². The molecule has 1 aromatic heterocycles. The molecule has 0 aliphatic rings. The van der Waals surface area contributed by atoms with E-state index in [0.717, 1.165) is 15.9 Å². The lowest BCUT2D eigenvalue weighted by Gasteiger charge is -2.28. The maximum absolute atomic E-state index is 9.01. The van der Waals surface area contributed by atoms with Gasteiger partial charge in [-0.25, -0.2) is 4.98 Å². The first-order valence-electron chi connectivity index (χ1n) is 5.06. The molecule has 0 radical (unpaired) electrons. The van der Waals surface area contributed by atoms with Crippen molar-refractivity contribution in [2.45, 2.75) is 26.8 Å². The second-order valence-corrected chi connectivity index (χ2v) is 4.68. The van der Waals surface area contributed by atoms with Crippen molar-refractivity contribution in [3.05, 3.63) is 22.3 Å². The normalized spacial score (nSPS) is 10.8. The van der Waals surface area contributed by atoms with Crippen molar-refractivity contribution in [1.29, 1.82) is 0 Å². The van der Waals surface area contributed by atoms with E-state index in [-0.39, 0.29) is 6.61 Å². The summed E-state index contributed by atoms with van der Waals surface area (Å²) in [6.45, 7) is 6.92. The number of halogens is 1. The molecule has 0 amide bonds. The van der Waals surface area contributed by atoms with Crippen molar-refractivity contribution in [2.24, 2.45) is 0 Å². The number of aryl methyl sites for hydroxylation is 1. The van der Waals surface area contributed by atoms with Gasteiger partial charge in [-0.15, -0.1) is 0 Å². The number of aliphatic hydroxyl groups excluding tert-OH is 1. The largest absolute Gasteiger partial charge is 0.395 e. The molecular formula is C11H17BrN2O. The molecular weight excluding hydrogens is 256 g/mol. The average molecular weight is 273 g/mol. The zero-order valence-corrected chi connectivity index (χ0v) is 11.0. The van der Waals surface area contributed by atoms with Gasteiger partial charge in [0.1, 0.15) is 5.82 Å². The third-order valence-electron chi connectivity index (χ3n) is 2.19. The minimum absolute atomic E-state index is 0.139. The fourth-order valence-corrected chi connectivity index (χ4v) is 2.15. The summed E-state index contributed by atoms with van der Waals surface area (Å²) in [5, 5.41) is 9.01. The van der Waals surface area contributed by atoms with Gasteiger partial charge in [0.15, 0.2) is 0 Å². The number of anilines is 1. The summed E-state index contributed by atoms with van der Waals surface area (Å²) in [5.41, 5.74) is 1.12. The van der Waals surface area contributed by atoms with Crippen LogP contribution in [0.15, 0.2) is 16.7 Å². The Morgan fingerprint density at radius 1 is 1.53 bits per heavy atom. The number of rotatable bonds is 4. The lowest BCUT2D eigenvalue weighted by molar-refractivity contribution is 0.298. The molecule has 4 heteroatoms. The van der Waals surface area contributed by atoms with Crippen LogP contribution in [0.1, 0.15) is 19.4 Å². The Bertz CT molecular complexity index is 328. The zero-order chi connectivity index (χ0) is 11.4. The Kier molecular flexibility index (Phi) is 4.54.